The molecule has 1 aromatic rings. The van der Waals surface area contributed by atoms with E-state index in [0.29, 0.717) is 12.6 Å². The van der Waals surface area contributed by atoms with Crippen LogP contribution in [-0.4, -0.2) is 56.1 Å². The molecule has 3 rings (SSSR count). The summed E-state index contributed by atoms with van der Waals surface area (Å²) in [5, 5.41) is 16.6. The molecule has 1 aromatic carbocycles. The molecule has 1 heterocycles. The average molecular weight is 361 g/mol. The first kappa shape index (κ1) is 19.0. The smallest absolute Gasteiger partial charge is 0.191 e. The Morgan fingerprint density at radius 3 is 2.65 bits per heavy atom. The summed E-state index contributed by atoms with van der Waals surface area (Å²) in [5.41, 5.74) is 2.50. The predicted molar refractivity (Wildman–Crippen MR) is 106 cm³/mol. The molecular weight excluding hydrogens is 328 g/mol. The molecule has 0 spiro atoms. The number of para-hydroxylation sites is 1. The normalized spacial score (nSPS) is 24.4. The van der Waals surface area contributed by atoms with Crippen LogP contribution in [0.2, 0.25) is 0 Å². The topological polar surface area (TPSA) is 69.1 Å². The number of anilines is 1. The maximum absolute atomic E-state index is 9.68. The summed E-state index contributed by atoms with van der Waals surface area (Å²) >= 11 is 0. The third-order valence-electron chi connectivity index (χ3n) is 5.13. The minimum atomic E-state index is -0.132. The molecule has 26 heavy (non-hydrogen) atoms. The van der Waals surface area contributed by atoms with E-state index < -0.39 is 0 Å². The van der Waals surface area contributed by atoms with Crippen LogP contribution < -0.4 is 15.5 Å². The fourth-order valence-corrected chi connectivity index (χ4v) is 3.66. The van der Waals surface area contributed by atoms with E-state index in [1.165, 1.54) is 11.3 Å². The number of nitrogens with one attached hydrogen (secondary N) is 2. The molecule has 1 saturated carbocycles. The lowest BCUT2D eigenvalue weighted by molar-refractivity contribution is 0.120. The summed E-state index contributed by atoms with van der Waals surface area (Å²) < 4.78 is 5.48. The Bertz CT molecular complexity index is 579. The van der Waals surface area contributed by atoms with Crippen LogP contribution in [0.25, 0.3) is 0 Å². The zero-order chi connectivity index (χ0) is 18.2. The van der Waals surface area contributed by atoms with Crippen molar-refractivity contribution >= 4 is 11.6 Å². The van der Waals surface area contributed by atoms with Crippen molar-refractivity contribution in [3.8, 4) is 0 Å². The van der Waals surface area contributed by atoms with Gasteiger partial charge in [0.25, 0.3) is 0 Å². The zero-order valence-electron chi connectivity index (χ0n) is 15.8. The zero-order valence-corrected chi connectivity index (χ0v) is 15.8. The summed E-state index contributed by atoms with van der Waals surface area (Å²) in [6.07, 6.45) is 3.60. The molecule has 144 valence electrons. The van der Waals surface area contributed by atoms with Crippen molar-refractivity contribution in [2.24, 2.45) is 4.99 Å². The van der Waals surface area contributed by atoms with Crippen molar-refractivity contribution in [1.82, 2.24) is 10.6 Å². The number of aliphatic imine (C=N–C) groups is 1. The van der Waals surface area contributed by atoms with Crippen LogP contribution in [0.1, 0.15) is 38.2 Å². The van der Waals surface area contributed by atoms with Gasteiger partial charge in [-0.2, -0.15) is 0 Å². The summed E-state index contributed by atoms with van der Waals surface area (Å²) in [4.78, 5) is 7.21. The molecule has 0 amide bonds. The lowest BCUT2D eigenvalue weighted by Gasteiger charge is -2.30. The van der Waals surface area contributed by atoms with Crippen molar-refractivity contribution in [2.75, 3.05) is 37.7 Å². The Kier molecular flexibility index (Phi) is 7.14. The first-order valence-electron chi connectivity index (χ1n) is 9.89. The Morgan fingerprint density at radius 1 is 1.19 bits per heavy atom. The fourth-order valence-electron chi connectivity index (χ4n) is 3.66. The van der Waals surface area contributed by atoms with Gasteiger partial charge in [0.15, 0.2) is 5.96 Å². The van der Waals surface area contributed by atoms with Gasteiger partial charge in [0, 0.05) is 31.4 Å². The van der Waals surface area contributed by atoms with Gasteiger partial charge in [-0.3, -0.25) is 0 Å². The third kappa shape index (κ3) is 5.35. The third-order valence-corrected chi connectivity index (χ3v) is 5.13. The number of aliphatic hydroxyl groups excluding tert-OH is 1. The van der Waals surface area contributed by atoms with E-state index >= 15 is 0 Å². The first-order chi connectivity index (χ1) is 12.8. The summed E-state index contributed by atoms with van der Waals surface area (Å²) in [5.74, 6) is 0.866. The second-order valence-corrected chi connectivity index (χ2v) is 7.07. The fraction of sp³-hybridized carbons (Fsp3) is 0.650. The van der Waals surface area contributed by atoms with E-state index in [9.17, 15) is 5.11 Å². The number of ether oxygens (including phenoxy) is 1. The van der Waals surface area contributed by atoms with E-state index in [4.69, 9.17) is 9.73 Å². The van der Waals surface area contributed by atoms with Crippen molar-refractivity contribution in [2.45, 2.75) is 51.3 Å². The van der Waals surface area contributed by atoms with Gasteiger partial charge in [0.05, 0.1) is 25.9 Å². The van der Waals surface area contributed by atoms with E-state index in [1.807, 2.05) is 0 Å². The van der Waals surface area contributed by atoms with Crippen molar-refractivity contribution in [1.29, 1.82) is 0 Å². The van der Waals surface area contributed by atoms with Crippen LogP contribution in [0.5, 0.6) is 0 Å². The van der Waals surface area contributed by atoms with Gasteiger partial charge in [-0.15, -0.1) is 0 Å². The highest BCUT2D eigenvalue weighted by molar-refractivity contribution is 5.80. The van der Waals surface area contributed by atoms with Gasteiger partial charge in [-0.25, -0.2) is 4.99 Å². The molecule has 1 aliphatic carbocycles. The van der Waals surface area contributed by atoms with Gasteiger partial charge < -0.3 is 25.4 Å². The lowest BCUT2D eigenvalue weighted by Crippen LogP contribution is -2.45. The molecule has 3 N–H and O–H groups in total. The van der Waals surface area contributed by atoms with Gasteiger partial charge in [-0.05, 0) is 44.2 Å². The second-order valence-electron chi connectivity index (χ2n) is 7.07. The molecule has 0 bridgehead atoms. The van der Waals surface area contributed by atoms with E-state index in [2.05, 4.69) is 46.7 Å². The molecule has 0 atom stereocenters. The van der Waals surface area contributed by atoms with Crippen molar-refractivity contribution in [3.05, 3.63) is 29.8 Å². The van der Waals surface area contributed by atoms with Crippen LogP contribution in [-0.2, 0) is 11.3 Å². The summed E-state index contributed by atoms with van der Waals surface area (Å²) in [7, 11) is 0. The number of aliphatic hydroxyl groups is 1. The Morgan fingerprint density at radius 2 is 1.92 bits per heavy atom. The Labute approximate surface area is 156 Å². The van der Waals surface area contributed by atoms with Gasteiger partial charge in [0.1, 0.15) is 0 Å². The van der Waals surface area contributed by atoms with Crippen LogP contribution in [0.15, 0.2) is 29.3 Å². The molecule has 6 heteroatoms. The molecule has 1 saturated heterocycles. The largest absolute Gasteiger partial charge is 0.393 e. The molecule has 0 radical (unpaired) electrons. The standard InChI is InChI=1S/C20H32N4O2/c1-2-21-20(23-17-7-9-18(25)10-8-17)22-15-16-5-3-4-6-19(16)24-11-13-26-14-12-24/h3-6,17-18,25H,2,7-15H2,1H3,(H2,21,22,23). The predicted octanol–water partition coefficient (Wildman–Crippen LogP) is 1.88. The van der Waals surface area contributed by atoms with Gasteiger partial charge in [-0.1, -0.05) is 18.2 Å². The molecule has 2 fully saturated rings. The summed E-state index contributed by atoms with van der Waals surface area (Å²) in [6, 6.07) is 8.91. The number of morpholine rings is 1. The van der Waals surface area contributed by atoms with Crippen LogP contribution in [0, 0.1) is 0 Å². The van der Waals surface area contributed by atoms with Crippen LogP contribution >= 0.6 is 0 Å². The van der Waals surface area contributed by atoms with E-state index in [-0.39, 0.29) is 6.10 Å². The lowest BCUT2D eigenvalue weighted by atomic mass is 9.93. The van der Waals surface area contributed by atoms with Crippen molar-refractivity contribution < 1.29 is 9.84 Å². The molecule has 2 aliphatic rings. The molecule has 6 nitrogen and oxygen atoms in total. The highest BCUT2D eigenvalue weighted by atomic mass is 16.5. The number of rotatable bonds is 5. The maximum atomic E-state index is 9.68. The SMILES string of the molecule is CCNC(=NCc1ccccc1N1CCOCC1)NC1CCC(O)CC1. The van der Waals surface area contributed by atoms with Crippen molar-refractivity contribution in [3.63, 3.8) is 0 Å². The Hall–Kier alpha value is -1.79. The number of hydrogen-bond acceptors (Lipinski definition) is 4. The monoisotopic (exact) mass is 360 g/mol. The van der Waals surface area contributed by atoms with Gasteiger partial charge >= 0.3 is 0 Å². The quantitative estimate of drug-likeness (QED) is 0.553. The highest BCUT2D eigenvalue weighted by Crippen LogP contribution is 2.22. The van der Waals surface area contributed by atoms with Gasteiger partial charge in [0.2, 0.25) is 0 Å². The minimum absolute atomic E-state index is 0.132. The van der Waals surface area contributed by atoms with Crippen LogP contribution in [0.3, 0.4) is 0 Å². The maximum Gasteiger partial charge on any atom is 0.191 e. The summed E-state index contributed by atoms with van der Waals surface area (Å²) in [6.45, 7) is 7.02. The average Bonchev–Trinajstić information content (AvgIpc) is 2.69. The first-order valence-corrected chi connectivity index (χ1v) is 9.89. The molecule has 0 unspecified atom stereocenters. The van der Waals surface area contributed by atoms with Crippen LogP contribution in [0.4, 0.5) is 5.69 Å². The number of benzene rings is 1. The number of nitrogens with zero attached hydrogens (tertiary/aromatic N) is 2. The highest BCUT2D eigenvalue weighted by Gasteiger charge is 2.20. The van der Waals surface area contributed by atoms with E-state index in [1.54, 1.807) is 0 Å². The second kappa shape index (κ2) is 9.78. The number of guanidine groups is 1. The molecule has 0 aromatic heterocycles. The Balaban J connectivity index is 1.65. The molecular formula is C20H32N4O2. The minimum Gasteiger partial charge on any atom is -0.393 e. The van der Waals surface area contributed by atoms with E-state index in [0.717, 1.165) is 64.5 Å². The molecule has 1 aliphatic heterocycles. The number of hydrogen-bond donors (Lipinski definition) is 3.